The molecule has 0 aliphatic heterocycles. The van der Waals surface area contributed by atoms with E-state index in [1.54, 1.807) is 12.1 Å². The minimum absolute atomic E-state index is 0.505. The highest BCUT2D eigenvalue weighted by molar-refractivity contribution is 9.10. The van der Waals surface area contributed by atoms with Crippen molar-refractivity contribution in [3.8, 4) is 11.8 Å². The first-order valence-corrected chi connectivity index (χ1v) is 6.46. The Morgan fingerprint density at radius 3 is 2.76 bits per heavy atom. The van der Waals surface area contributed by atoms with Crippen LogP contribution in [0.15, 0.2) is 22.7 Å². The summed E-state index contributed by atoms with van der Waals surface area (Å²) >= 11 is 3.33. The molecule has 0 atom stereocenters. The van der Waals surface area contributed by atoms with E-state index in [2.05, 4.69) is 28.9 Å². The van der Waals surface area contributed by atoms with E-state index in [1.165, 1.54) is 0 Å². The molecule has 0 radical (unpaired) electrons. The van der Waals surface area contributed by atoms with Crippen LogP contribution >= 0.6 is 15.9 Å². The Bertz CT molecular complexity index is 387. The van der Waals surface area contributed by atoms with Crippen LogP contribution in [0.5, 0.6) is 5.75 Å². The molecule has 0 saturated heterocycles. The summed E-state index contributed by atoms with van der Waals surface area (Å²) in [6.07, 6.45) is 2.22. The summed E-state index contributed by atoms with van der Waals surface area (Å²) in [6, 6.07) is 7.40. The zero-order valence-electron chi connectivity index (χ0n) is 9.91. The van der Waals surface area contributed by atoms with Crippen LogP contribution in [0.1, 0.15) is 25.3 Å². The van der Waals surface area contributed by atoms with Gasteiger partial charge in [0.25, 0.3) is 0 Å². The van der Waals surface area contributed by atoms with Crippen LogP contribution in [0.4, 0.5) is 0 Å². The standard InChI is InChI=1S/C13H16BrNO2/c1-2-3-4-16-5-6-17-13-8-11(10-15)7-12(14)9-13/h7-9H,2-6H2,1H3. The molecule has 0 fully saturated rings. The molecule has 0 aliphatic rings. The lowest BCUT2D eigenvalue weighted by molar-refractivity contribution is 0.0980. The number of nitriles is 1. The molecule has 0 spiro atoms. The lowest BCUT2D eigenvalue weighted by Gasteiger charge is -2.07. The second-order valence-corrected chi connectivity index (χ2v) is 4.52. The van der Waals surface area contributed by atoms with Gasteiger partial charge in [-0.3, -0.25) is 0 Å². The van der Waals surface area contributed by atoms with Crippen LogP contribution < -0.4 is 4.74 Å². The van der Waals surface area contributed by atoms with Crippen LogP contribution in [0.2, 0.25) is 0 Å². The molecule has 1 aromatic rings. The Balaban J connectivity index is 2.32. The summed E-state index contributed by atoms with van der Waals surface area (Å²) in [4.78, 5) is 0. The van der Waals surface area contributed by atoms with Crippen molar-refractivity contribution in [2.24, 2.45) is 0 Å². The van der Waals surface area contributed by atoms with Crippen LogP contribution in [-0.2, 0) is 4.74 Å². The van der Waals surface area contributed by atoms with Gasteiger partial charge in [-0.15, -0.1) is 0 Å². The summed E-state index contributed by atoms with van der Waals surface area (Å²) in [6.45, 7) is 3.99. The van der Waals surface area contributed by atoms with Crippen LogP contribution in [-0.4, -0.2) is 19.8 Å². The minimum atomic E-state index is 0.505. The largest absolute Gasteiger partial charge is 0.491 e. The van der Waals surface area contributed by atoms with Gasteiger partial charge in [0, 0.05) is 11.1 Å². The molecule has 92 valence electrons. The Labute approximate surface area is 110 Å². The number of rotatable bonds is 7. The van der Waals surface area contributed by atoms with Crippen LogP contribution in [0, 0.1) is 11.3 Å². The smallest absolute Gasteiger partial charge is 0.121 e. The average molecular weight is 298 g/mol. The molecule has 0 heterocycles. The topological polar surface area (TPSA) is 42.2 Å². The third kappa shape index (κ3) is 5.71. The third-order valence-corrected chi connectivity index (χ3v) is 2.60. The van der Waals surface area contributed by atoms with Gasteiger partial charge in [0.2, 0.25) is 0 Å². The van der Waals surface area contributed by atoms with E-state index in [1.807, 2.05) is 6.07 Å². The first kappa shape index (κ1) is 14.0. The van der Waals surface area contributed by atoms with E-state index in [0.29, 0.717) is 24.5 Å². The molecule has 0 bridgehead atoms. The summed E-state index contributed by atoms with van der Waals surface area (Å²) in [7, 11) is 0. The molecular formula is C13H16BrNO2. The average Bonchev–Trinajstić information content (AvgIpc) is 2.33. The van der Waals surface area contributed by atoms with Gasteiger partial charge in [0.1, 0.15) is 12.4 Å². The van der Waals surface area contributed by atoms with Gasteiger partial charge in [-0.1, -0.05) is 29.3 Å². The Morgan fingerprint density at radius 2 is 2.06 bits per heavy atom. The summed E-state index contributed by atoms with van der Waals surface area (Å²) < 4.78 is 11.7. The van der Waals surface area contributed by atoms with Crippen molar-refractivity contribution >= 4 is 15.9 Å². The van der Waals surface area contributed by atoms with E-state index >= 15 is 0 Å². The van der Waals surface area contributed by atoms with Gasteiger partial charge in [-0.05, 0) is 24.6 Å². The van der Waals surface area contributed by atoms with Gasteiger partial charge in [0.15, 0.2) is 0 Å². The van der Waals surface area contributed by atoms with Crippen molar-refractivity contribution in [2.45, 2.75) is 19.8 Å². The number of ether oxygens (including phenoxy) is 2. The molecule has 0 saturated carbocycles. The van der Waals surface area contributed by atoms with Crippen molar-refractivity contribution in [3.05, 3.63) is 28.2 Å². The first-order chi connectivity index (χ1) is 8.26. The summed E-state index contributed by atoms with van der Waals surface area (Å²) in [5.74, 6) is 0.690. The van der Waals surface area contributed by atoms with Gasteiger partial charge in [-0.25, -0.2) is 0 Å². The second kappa shape index (κ2) is 8.10. The van der Waals surface area contributed by atoms with E-state index < -0.39 is 0 Å². The quantitative estimate of drug-likeness (QED) is 0.723. The molecule has 0 aromatic heterocycles. The number of hydrogen-bond acceptors (Lipinski definition) is 3. The van der Waals surface area contributed by atoms with E-state index in [-0.39, 0.29) is 0 Å². The molecule has 4 heteroatoms. The van der Waals surface area contributed by atoms with Crippen molar-refractivity contribution in [1.82, 2.24) is 0 Å². The Kier molecular flexibility index (Phi) is 6.68. The lowest BCUT2D eigenvalue weighted by Crippen LogP contribution is -2.07. The number of unbranched alkanes of at least 4 members (excludes halogenated alkanes) is 1. The molecule has 1 rings (SSSR count). The van der Waals surface area contributed by atoms with Gasteiger partial charge in [0.05, 0.1) is 18.2 Å². The van der Waals surface area contributed by atoms with Gasteiger partial charge >= 0.3 is 0 Å². The molecular weight excluding hydrogens is 282 g/mol. The summed E-state index contributed by atoms with van der Waals surface area (Å²) in [5, 5.41) is 8.80. The van der Waals surface area contributed by atoms with Crippen LogP contribution in [0.3, 0.4) is 0 Å². The number of nitrogens with zero attached hydrogens (tertiary/aromatic N) is 1. The number of hydrogen-bond donors (Lipinski definition) is 0. The predicted molar refractivity (Wildman–Crippen MR) is 70.1 cm³/mol. The molecule has 0 amide bonds. The SMILES string of the molecule is CCCCOCCOc1cc(Br)cc(C#N)c1. The molecule has 1 aromatic carbocycles. The van der Waals surface area contributed by atoms with Crippen molar-refractivity contribution < 1.29 is 9.47 Å². The van der Waals surface area contributed by atoms with E-state index in [4.69, 9.17) is 14.7 Å². The highest BCUT2D eigenvalue weighted by Gasteiger charge is 1.99. The maximum absolute atomic E-state index is 8.80. The highest BCUT2D eigenvalue weighted by atomic mass is 79.9. The monoisotopic (exact) mass is 297 g/mol. The normalized spacial score (nSPS) is 9.94. The fraction of sp³-hybridized carbons (Fsp3) is 0.462. The fourth-order valence-corrected chi connectivity index (χ4v) is 1.75. The predicted octanol–water partition coefficient (Wildman–Crippen LogP) is 3.52. The maximum atomic E-state index is 8.80. The first-order valence-electron chi connectivity index (χ1n) is 5.67. The molecule has 0 N–H and O–H groups in total. The maximum Gasteiger partial charge on any atom is 0.121 e. The third-order valence-electron chi connectivity index (χ3n) is 2.14. The zero-order chi connectivity index (χ0) is 12.5. The fourth-order valence-electron chi connectivity index (χ4n) is 1.28. The molecule has 17 heavy (non-hydrogen) atoms. The highest BCUT2D eigenvalue weighted by Crippen LogP contribution is 2.20. The molecule has 3 nitrogen and oxygen atoms in total. The Hall–Kier alpha value is -1.05. The van der Waals surface area contributed by atoms with E-state index in [0.717, 1.165) is 23.9 Å². The Morgan fingerprint density at radius 1 is 1.24 bits per heavy atom. The molecule has 0 unspecified atom stereocenters. The zero-order valence-corrected chi connectivity index (χ0v) is 11.5. The number of benzene rings is 1. The van der Waals surface area contributed by atoms with Crippen molar-refractivity contribution in [2.75, 3.05) is 19.8 Å². The van der Waals surface area contributed by atoms with E-state index in [9.17, 15) is 0 Å². The van der Waals surface area contributed by atoms with Gasteiger partial charge in [-0.2, -0.15) is 5.26 Å². The van der Waals surface area contributed by atoms with Crippen molar-refractivity contribution in [3.63, 3.8) is 0 Å². The second-order valence-electron chi connectivity index (χ2n) is 3.60. The van der Waals surface area contributed by atoms with Gasteiger partial charge < -0.3 is 9.47 Å². The summed E-state index contributed by atoms with van der Waals surface area (Å²) in [5.41, 5.74) is 0.585. The lowest BCUT2D eigenvalue weighted by atomic mass is 10.2. The van der Waals surface area contributed by atoms with Crippen LogP contribution in [0.25, 0.3) is 0 Å². The molecule has 0 aliphatic carbocycles. The minimum Gasteiger partial charge on any atom is -0.491 e. The van der Waals surface area contributed by atoms with Crippen molar-refractivity contribution in [1.29, 1.82) is 5.26 Å². The number of halogens is 1.